The average molecular weight is 565 g/mol. The summed E-state index contributed by atoms with van der Waals surface area (Å²) in [4.78, 5) is 6.66. The Morgan fingerprint density at radius 3 is 2.44 bits per heavy atom. The summed E-state index contributed by atoms with van der Waals surface area (Å²) >= 11 is 6.97. The lowest BCUT2D eigenvalue weighted by molar-refractivity contribution is 0.0690. The van der Waals surface area contributed by atoms with E-state index in [0.29, 0.717) is 11.9 Å². The van der Waals surface area contributed by atoms with E-state index >= 15 is 0 Å². The zero-order valence-electron chi connectivity index (χ0n) is 19.9. The summed E-state index contributed by atoms with van der Waals surface area (Å²) in [6.45, 7) is 1.70. The molecule has 0 spiro atoms. The lowest BCUT2D eigenvalue weighted by Crippen LogP contribution is -2.41. The van der Waals surface area contributed by atoms with Gasteiger partial charge in [0.15, 0.2) is 5.11 Å². The number of fused-ring (bicyclic) bond motifs is 1. The lowest BCUT2D eigenvalue weighted by Gasteiger charge is -2.45. The number of nitrogens with two attached hydrogens (primary N) is 2. The van der Waals surface area contributed by atoms with Gasteiger partial charge in [-0.3, -0.25) is 4.90 Å². The third-order valence-corrected chi connectivity index (χ3v) is 7.55. The number of piperidine rings is 1. The van der Waals surface area contributed by atoms with E-state index in [1.54, 1.807) is 12.1 Å². The van der Waals surface area contributed by atoms with Gasteiger partial charge < -0.3 is 37.2 Å². The maximum atomic E-state index is 13.5. The van der Waals surface area contributed by atoms with Crippen molar-refractivity contribution in [3.05, 3.63) is 59.4 Å². The second kappa shape index (κ2) is 16.7. The molecule has 0 saturated carbocycles. The Morgan fingerprint density at radius 2 is 1.89 bits per heavy atom. The van der Waals surface area contributed by atoms with Crippen molar-refractivity contribution in [3.63, 3.8) is 0 Å². The highest BCUT2D eigenvalue weighted by Crippen LogP contribution is 2.45. The van der Waals surface area contributed by atoms with Crippen LogP contribution in [-0.2, 0) is 0 Å². The molecule has 0 amide bonds. The van der Waals surface area contributed by atoms with Crippen LogP contribution in [0, 0.1) is 5.82 Å². The largest absolute Gasteiger partial charge is 0.493 e. The van der Waals surface area contributed by atoms with Crippen LogP contribution in [0.2, 0.25) is 0 Å². The van der Waals surface area contributed by atoms with Crippen molar-refractivity contribution in [3.8, 4) is 5.75 Å². The van der Waals surface area contributed by atoms with Gasteiger partial charge >= 0.3 is 0 Å². The smallest absolute Gasteiger partial charge is 0.191 e. The first kappa shape index (κ1) is 34.0. The van der Waals surface area contributed by atoms with E-state index < -0.39 is 0 Å². The van der Waals surface area contributed by atoms with Gasteiger partial charge in [-0.15, -0.1) is 0 Å². The minimum absolute atomic E-state index is 0. The highest BCUT2D eigenvalue weighted by molar-refractivity contribution is 7.99. The number of halogens is 1. The molecule has 4 rings (SSSR count). The molecule has 1 saturated heterocycles. The van der Waals surface area contributed by atoms with Gasteiger partial charge in [0.2, 0.25) is 0 Å². The van der Waals surface area contributed by atoms with E-state index in [1.807, 2.05) is 36.0 Å². The third kappa shape index (κ3) is 8.85. The van der Waals surface area contributed by atoms with Crippen molar-refractivity contribution >= 4 is 47.5 Å². The van der Waals surface area contributed by atoms with Crippen LogP contribution in [0.3, 0.4) is 0 Å². The molecule has 9 nitrogen and oxygen atoms in total. The summed E-state index contributed by atoms with van der Waals surface area (Å²) in [5.74, 6) is 0.683. The summed E-state index contributed by atoms with van der Waals surface area (Å²) in [6.07, 6.45) is 6.42. The van der Waals surface area contributed by atoms with Gasteiger partial charge in [0.25, 0.3) is 0 Å². The number of thiocarbonyl (C=S) groups is 1. The second-order valence-corrected chi connectivity index (χ2v) is 9.96. The molecule has 3 atom stereocenters. The zero-order valence-corrected chi connectivity index (χ0v) is 22.3. The standard InChI is InChI=1S/C21H24FNO2S2.C2H5N3S.3H2O.H2/c1-26-16-8-10-23(20(12-16)14-2-4-15(22)5-3-14)19-9-11-25-21-13-17(27-24)6-7-18(19)21;3-1-5-2(4)6;;;;/h2-7,13,16,19-20,24H,8-12H2,1H3;1H,(H4,3,4,5,6);3*1H2;1H/t16-,19+,20+;;;;;/m0...../s1. The topological polar surface area (TPSA) is 192 Å². The molecule has 2 heterocycles. The van der Waals surface area contributed by atoms with Crippen LogP contribution in [0.4, 0.5) is 4.39 Å². The van der Waals surface area contributed by atoms with Crippen LogP contribution in [0.15, 0.2) is 52.4 Å². The predicted octanol–water partition coefficient (Wildman–Crippen LogP) is 2.77. The Hall–Kier alpha value is -1.97. The maximum Gasteiger partial charge on any atom is 0.191 e. The molecule has 0 aliphatic carbocycles. The maximum absolute atomic E-state index is 13.5. The number of nitrogens with zero attached hydrogens (tertiary/aromatic N) is 2. The highest BCUT2D eigenvalue weighted by Gasteiger charge is 2.36. The third-order valence-electron chi connectivity index (χ3n) is 5.88. The second-order valence-electron chi connectivity index (χ2n) is 7.75. The molecule has 0 unspecified atom stereocenters. The number of benzene rings is 2. The average Bonchev–Trinajstić information content (AvgIpc) is 2.83. The normalized spacial score (nSPS) is 20.8. The molecule has 2 aromatic rings. The molecule has 11 N–H and O–H groups in total. The molecule has 2 aromatic carbocycles. The van der Waals surface area contributed by atoms with Crippen LogP contribution in [0.25, 0.3) is 0 Å². The molecule has 0 aromatic heterocycles. The summed E-state index contributed by atoms with van der Waals surface area (Å²) in [7, 11) is 0. The van der Waals surface area contributed by atoms with E-state index in [1.165, 1.54) is 11.1 Å². The van der Waals surface area contributed by atoms with E-state index in [-0.39, 0.29) is 40.9 Å². The first-order valence-electron chi connectivity index (χ1n) is 10.6. The SMILES string of the molecule is CS[C@H]1CCN([C@@H]2CCOc3cc(SO)ccc32)[C@@H](c2ccc(F)cc2)C1.N/C=N\C(N)=S.O.O.O.[HH]. The van der Waals surface area contributed by atoms with E-state index in [9.17, 15) is 8.94 Å². The molecule has 0 bridgehead atoms. The van der Waals surface area contributed by atoms with Crippen LogP contribution in [0.5, 0.6) is 5.75 Å². The predicted molar refractivity (Wildman–Crippen MR) is 153 cm³/mol. The van der Waals surface area contributed by atoms with Gasteiger partial charge in [-0.25, -0.2) is 9.38 Å². The van der Waals surface area contributed by atoms with E-state index in [0.717, 1.165) is 54.8 Å². The zero-order chi connectivity index (χ0) is 23.8. The first-order valence-corrected chi connectivity index (χ1v) is 13.1. The fraction of sp³-hybridized carbons (Fsp3) is 0.391. The molecule has 1 fully saturated rings. The Balaban J connectivity index is 0. The molecule has 0 radical (unpaired) electrons. The van der Waals surface area contributed by atoms with Gasteiger partial charge in [-0.2, -0.15) is 11.8 Å². The number of thioether (sulfide) groups is 1. The van der Waals surface area contributed by atoms with Gasteiger partial charge in [0.1, 0.15) is 11.6 Å². The molecular formula is C23H37FN4O5S3. The fourth-order valence-corrected chi connectivity index (χ4v) is 5.44. The van der Waals surface area contributed by atoms with Crippen molar-refractivity contribution in [1.29, 1.82) is 0 Å². The minimum Gasteiger partial charge on any atom is -0.493 e. The van der Waals surface area contributed by atoms with E-state index in [2.05, 4.69) is 34.4 Å². The van der Waals surface area contributed by atoms with Crippen LogP contribution in [0.1, 0.15) is 43.9 Å². The van der Waals surface area contributed by atoms with Crippen LogP contribution in [-0.4, -0.2) is 62.0 Å². The molecule has 2 aliphatic rings. The van der Waals surface area contributed by atoms with Gasteiger partial charge in [-0.1, -0.05) is 18.2 Å². The van der Waals surface area contributed by atoms with E-state index in [4.69, 9.17) is 16.2 Å². The first-order chi connectivity index (χ1) is 16.0. The van der Waals surface area contributed by atoms with Crippen molar-refractivity contribution in [2.75, 3.05) is 19.4 Å². The van der Waals surface area contributed by atoms with Gasteiger partial charge in [-0.05, 0) is 61.1 Å². The summed E-state index contributed by atoms with van der Waals surface area (Å²) in [5, 5.41) is 0.696. The Labute approximate surface area is 226 Å². The molecule has 13 heteroatoms. The van der Waals surface area contributed by atoms with Crippen molar-refractivity contribution in [2.45, 2.75) is 41.5 Å². The number of likely N-dealkylation sites (tertiary alicyclic amines) is 1. The van der Waals surface area contributed by atoms with Gasteiger partial charge in [0.05, 0.1) is 12.9 Å². The molecular weight excluding hydrogens is 527 g/mol. The van der Waals surface area contributed by atoms with Crippen LogP contribution >= 0.6 is 36.0 Å². The van der Waals surface area contributed by atoms with Crippen molar-refractivity contribution < 1.29 is 31.5 Å². The lowest BCUT2D eigenvalue weighted by atomic mass is 9.89. The Kier molecular flexibility index (Phi) is 15.8. The molecule has 2 aliphatic heterocycles. The summed E-state index contributed by atoms with van der Waals surface area (Å²) in [5.41, 5.74) is 12.0. The fourth-order valence-electron chi connectivity index (χ4n) is 4.38. The van der Waals surface area contributed by atoms with Crippen molar-refractivity contribution in [2.24, 2.45) is 16.5 Å². The quantitative estimate of drug-likeness (QED) is 0.218. The number of rotatable bonds is 4. The number of ether oxygens (including phenoxy) is 1. The van der Waals surface area contributed by atoms with Crippen LogP contribution < -0.4 is 16.2 Å². The minimum atomic E-state index is -0.187. The Morgan fingerprint density at radius 1 is 1.19 bits per heavy atom. The molecule has 36 heavy (non-hydrogen) atoms. The van der Waals surface area contributed by atoms with Crippen molar-refractivity contribution in [1.82, 2.24) is 4.90 Å². The van der Waals surface area contributed by atoms with Gasteiger partial charge in [0, 0.05) is 54.2 Å². The summed E-state index contributed by atoms with van der Waals surface area (Å²) in [6, 6.07) is 13.5. The summed E-state index contributed by atoms with van der Waals surface area (Å²) < 4.78 is 28.7. The number of hydrogen-bond donors (Lipinski definition) is 3. The number of aliphatic imine (C=N–C) groups is 1. The number of hydrogen-bond acceptors (Lipinski definition) is 6. The monoisotopic (exact) mass is 564 g/mol. The Bertz CT molecular complexity index is 978. The highest BCUT2D eigenvalue weighted by atomic mass is 32.2. The molecule has 204 valence electrons.